The van der Waals surface area contributed by atoms with Crippen molar-refractivity contribution in [2.45, 2.75) is 50.9 Å². The topological polar surface area (TPSA) is 332 Å². The molecule has 3 amide bonds. The Bertz CT molecular complexity index is 5630. The number of carboxylic acid groups (broad SMARTS) is 1. The lowest BCUT2D eigenvalue weighted by atomic mass is 9.90. The molecule has 14 rings (SSSR count). The van der Waals surface area contributed by atoms with E-state index in [0.29, 0.717) is 36.8 Å². The molecule has 5 heterocycles. The summed E-state index contributed by atoms with van der Waals surface area (Å²) < 4.78 is 34.6. The molecular formula is C94H83Cl4FN12O13. The molecule has 0 bridgehead atoms. The number of aromatic carboxylic acids is 1. The van der Waals surface area contributed by atoms with Crippen molar-refractivity contribution in [3.63, 3.8) is 0 Å². The minimum Gasteiger partial charge on any atom is -0.491 e. The number of hydrogen-bond donors (Lipinski definition) is 3. The van der Waals surface area contributed by atoms with Gasteiger partial charge in [0, 0.05) is 26.7 Å². The Hall–Kier alpha value is -14.2. The molecule has 0 saturated heterocycles. The predicted octanol–water partition coefficient (Wildman–Crippen LogP) is 18.3. The van der Waals surface area contributed by atoms with Gasteiger partial charge in [-0.2, -0.15) is 0 Å². The zero-order valence-corrected chi connectivity index (χ0v) is 70.6. The van der Waals surface area contributed by atoms with Gasteiger partial charge in [0.15, 0.2) is 17.1 Å². The zero-order valence-electron chi connectivity index (χ0n) is 67.6. The van der Waals surface area contributed by atoms with Gasteiger partial charge in [-0.05, 0) is 136 Å². The van der Waals surface area contributed by atoms with Crippen LogP contribution in [0.3, 0.4) is 0 Å². The highest BCUT2D eigenvalue weighted by molar-refractivity contribution is 6.65. The largest absolute Gasteiger partial charge is 0.491 e. The number of carbonyl (C=O) groups excluding carboxylic acids is 7. The van der Waals surface area contributed by atoms with Crippen LogP contribution in [-0.4, -0.2) is 134 Å². The van der Waals surface area contributed by atoms with Crippen LogP contribution >= 0.6 is 46.4 Å². The quantitative estimate of drug-likeness (QED) is 0.0232. The van der Waals surface area contributed by atoms with Crippen molar-refractivity contribution in [3.05, 3.63) is 381 Å². The number of carbonyl (C=O) groups is 8. The van der Waals surface area contributed by atoms with Crippen LogP contribution in [0.15, 0.2) is 292 Å². The van der Waals surface area contributed by atoms with Crippen LogP contribution in [0, 0.1) is 5.82 Å². The summed E-state index contributed by atoms with van der Waals surface area (Å²) in [4.78, 5) is 132. The molecule has 4 aromatic heterocycles. The maximum absolute atomic E-state index is 14.1. The molecule has 1 aliphatic heterocycles. The third-order valence-corrected chi connectivity index (χ3v) is 19.5. The second-order valence-corrected chi connectivity index (χ2v) is 28.2. The zero-order chi connectivity index (χ0) is 88.6. The van der Waals surface area contributed by atoms with Gasteiger partial charge in [0.05, 0.1) is 109 Å². The van der Waals surface area contributed by atoms with Crippen molar-refractivity contribution in [1.82, 2.24) is 34.9 Å². The standard InChI is InChI=1S/C30H26FN3O4.C22H20ClN3O3.C21H18ClN3O3.C14H11ClO.C7H8ClN3O2/c1-33(29(35)28(20-9-4-2-5-10-20)21-11-6-3-7-12-21)25-19-32-27(18-23(25)30(36)37)34-15-8-16-38-26-14-13-22(31)17-24(26)34;1-3-29-21(28)19-17(14-24-22(23)25-19)26(2)20(27)18(15-10-6-4-7-11-15)16-12-8-5-9-13-16;1-2-28-20(27)18-16(13-23-21(22)25-18)24-19(26)17(14-9-5-3-6-10-14)15-11-7-4-8-12-15;15-14(16)13(11-7-3-1-4-8-11)12-9-5-2-6-10-12;1-2-13-6(12)5-4(9)3-10-7(8)11-5/h2-7,9-14,17-19,28H,8,15-16H2,1H3,(H,36,37);4-14,18H,3H2,1-2H3;3-13,17H,2H2,1H3,(H,24,26);1-10,13H;3H,2,9H2,1H3. The van der Waals surface area contributed by atoms with Crippen LogP contribution in [0.25, 0.3) is 0 Å². The molecule has 0 saturated carbocycles. The lowest BCUT2D eigenvalue weighted by Crippen LogP contribution is -2.34. The lowest BCUT2D eigenvalue weighted by Gasteiger charge is -2.27. The number of carboxylic acids is 1. The van der Waals surface area contributed by atoms with Crippen molar-refractivity contribution < 1.29 is 66.8 Å². The van der Waals surface area contributed by atoms with Crippen LogP contribution in [0.1, 0.15) is 137 Å². The second-order valence-electron chi connectivity index (χ2n) is 26.8. The normalized spacial score (nSPS) is 11.2. The van der Waals surface area contributed by atoms with E-state index >= 15 is 0 Å². The predicted molar refractivity (Wildman–Crippen MR) is 473 cm³/mol. The number of aromatic nitrogens is 7. The molecule has 0 unspecified atom stereocenters. The molecule has 632 valence electrons. The first-order chi connectivity index (χ1) is 60.0. The van der Waals surface area contributed by atoms with Crippen molar-refractivity contribution in [2.75, 3.05) is 72.8 Å². The lowest BCUT2D eigenvalue weighted by molar-refractivity contribution is -0.119. The number of likely N-dealkylation sites (N-methyl/N-ethyl adjacent to an activating group) is 2. The Kier molecular flexibility index (Phi) is 34.2. The van der Waals surface area contributed by atoms with E-state index in [1.54, 1.807) is 45.8 Å². The van der Waals surface area contributed by atoms with Crippen molar-refractivity contribution in [3.8, 4) is 5.75 Å². The van der Waals surface area contributed by atoms with Crippen LogP contribution in [0.4, 0.5) is 38.6 Å². The minimum absolute atomic E-state index is 0.00171. The van der Waals surface area contributed by atoms with Crippen molar-refractivity contribution in [1.29, 1.82) is 0 Å². The van der Waals surface area contributed by atoms with E-state index in [2.05, 4.69) is 40.2 Å². The number of nitrogens with two attached hydrogens (primary N) is 1. The van der Waals surface area contributed by atoms with Gasteiger partial charge in [0.2, 0.25) is 38.8 Å². The molecule has 9 aromatic carbocycles. The second kappa shape index (κ2) is 46.0. The highest BCUT2D eigenvalue weighted by atomic mass is 35.5. The maximum atomic E-state index is 14.1. The number of halogens is 5. The van der Waals surface area contributed by atoms with E-state index in [1.807, 2.05) is 243 Å². The minimum atomic E-state index is -1.20. The molecule has 0 aliphatic carbocycles. The summed E-state index contributed by atoms with van der Waals surface area (Å²) in [5.74, 6) is -5.77. The highest BCUT2D eigenvalue weighted by Gasteiger charge is 2.34. The Labute approximate surface area is 734 Å². The highest BCUT2D eigenvalue weighted by Crippen LogP contribution is 2.39. The number of rotatable bonds is 23. The van der Waals surface area contributed by atoms with Crippen LogP contribution < -0.4 is 30.5 Å². The summed E-state index contributed by atoms with van der Waals surface area (Å²) in [6, 6.07) is 81.1. The summed E-state index contributed by atoms with van der Waals surface area (Å²) >= 11 is 22.8. The molecule has 25 nitrogen and oxygen atoms in total. The molecule has 0 atom stereocenters. The molecule has 0 radical (unpaired) electrons. The van der Waals surface area contributed by atoms with Crippen LogP contribution in [-0.2, 0) is 33.4 Å². The van der Waals surface area contributed by atoms with Gasteiger partial charge in [-0.1, -0.05) is 243 Å². The number of esters is 3. The van der Waals surface area contributed by atoms with Crippen molar-refractivity contribution in [2.24, 2.45) is 0 Å². The number of benzene rings is 9. The number of nitrogens with one attached hydrogen (secondary N) is 1. The SMILES string of the molecule is CCOC(=O)c1nc(Cl)ncc1N.CCOC(=O)c1nc(Cl)ncc1N(C)C(=O)C(c1ccccc1)c1ccccc1.CCOC(=O)c1nc(Cl)ncc1NC(=O)C(c1ccccc1)c1ccccc1.CN(C(=O)C(c1ccccc1)c1ccccc1)c1cnc(N2CCCOc3ccc(F)cc32)cc1C(=O)O.O=C(Cl)C(c1ccccc1)c1ccccc1. The molecule has 1 aliphatic rings. The number of ether oxygens (including phenoxy) is 4. The molecule has 0 spiro atoms. The fourth-order valence-corrected chi connectivity index (χ4v) is 13.6. The van der Waals surface area contributed by atoms with E-state index in [4.69, 9.17) is 71.1 Å². The summed E-state index contributed by atoms with van der Waals surface area (Å²) in [7, 11) is 3.13. The molecule has 0 fully saturated rings. The Morgan fingerprint density at radius 2 is 0.823 bits per heavy atom. The van der Waals surface area contributed by atoms with E-state index in [9.17, 15) is 47.9 Å². The Morgan fingerprint density at radius 3 is 1.23 bits per heavy atom. The monoisotopic (exact) mass is 1750 g/mol. The first-order valence-corrected chi connectivity index (χ1v) is 40.2. The van der Waals surface area contributed by atoms with E-state index in [-0.39, 0.29) is 110 Å². The number of nitrogen functional groups attached to an aromatic ring is 1. The number of hydrogen-bond acceptors (Lipinski definition) is 21. The van der Waals surface area contributed by atoms with Gasteiger partial charge in [0.1, 0.15) is 17.4 Å². The molecule has 30 heteroatoms. The number of pyridine rings is 1. The fraction of sp³-hybridized carbons (Fsp3) is 0.160. The average molecular weight is 1750 g/mol. The first kappa shape index (κ1) is 92.1. The van der Waals surface area contributed by atoms with Gasteiger partial charge in [-0.15, -0.1) is 0 Å². The molecule has 124 heavy (non-hydrogen) atoms. The van der Waals surface area contributed by atoms with E-state index < -0.39 is 47.4 Å². The smallest absolute Gasteiger partial charge is 0.359 e. The van der Waals surface area contributed by atoms with Crippen LogP contribution in [0.2, 0.25) is 15.9 Å². The molecular weight excluding hydrogens is 1670 g/mol. The fourth-order valence-electron chi connectivity index (χ4n) is 13.0. The Balaban J connectivity index is 0.000000169. The van der Waals surface area contributed by atoms with Crippen molar-refractivity contribution >= 4 is 127 Å². The number of anilines is 6. The first-order valence-electron chi connectivity index (χ1n) is 38.7. The summed E-state index contributed by atoms with van der Waals surface area (Å²) in [5, 5.41) is 12.3. The van der Waals surface area contributed by atoms with Gasteiger partial charge in [-0.25, -0.2) is 58.5 Å². The van der Waals surface area contributed by atoms with E-state index in [1.165, 1.54) is 52.8 Å². The Morgan fingerprint density at radius 1 is 0.468 bits per heavy atom. The van der Waals surface area contributed by atoms with Gasteiger partial charge in [-0.3, -0.25) is 19.2 Å². The molecule has 13 aromatic rings. The third kappa shape index (κ3) is 24.8. The summed E-state index contributed by atoms with van der Waals surface area (Å²) in [6.07, 6.45) is 5.94. The summed E-state index contributed by atoms with van der Waals surface area (Å²) in [6.45, 7) is 6.57. The number of amides is 3. The van der Waals surface area contributed by atoms with Crippen LogP contribution in [0.5, 0.6) is 5.75 Å². The third-order valence-electron chi connectivity index (χ3n) is 18.8. The summed E-state index contributed by atoms with van der Waals surface area (Å²) in [5.41, 5.74) is 13.1. The maximum Gasteiger partial charge on any atom is 0.359 e. The van der Waals surface area contributed by atoms with Gasteiger partial charge < -0.3 is 49.8 Å². The average Bonchev–Trinajstić information content (AvgIpc) is 1.04. The van der Waals surface area contributed by atoms with E-state index in [0.717, 1.165) is 44.5 Å². The molecule has 4 N–H and O–H groups in total. The van der Waals surface area contributed by atoms with Gasteiger partial charge in [0.25, 0.3) is 0 Å². The number of fused-ring (bicyclic) bond motifs is 1. The van der Waals surface area contributed by atoms with Gasteiger partial charge >= 0.3 is 23.9 Å². The number of nitrogens with zero attached hydrogens (tertiary/aromatic N) is 10.